The van der Waals surface area contributed by atoms with E-state index in [1.165, 1.54) is 6.42 Å². The number of aryl methyl sites for hydroxylation is 1. The van der Waals surface area contributed by atoms with Crippen LogP contribution in [0.3, 0.4) is 0 Å². The average Bonchev–Trinajstić information content (AvgIpc) is 3.09. The summed E-state index contributed by atoms with van der Waals surface area (Å²) in [7, 11) is 1.99. The highest BCUT2D eigenvalue weighted by Crippen LogP contribution is 2.27. The third-order valence-electron chi connectivity index (χ3n) is 3.36. The molecule has 1 aliphatic heterocycles. The molecule has 0 N–H and O–H groups in total. The Bertz CT molecular complexity index is 558. The Kier molecular flexibility index (Phi) is 3.61. The van der Waals surface area contributed by atoms with Crippen molar-refractivity contribution in [2.75, 3.05) is 12.4 Å². The fraction of sp³-hybridized carbons (Fsp3) is 0.538. The summed E-state index contributed by atoms with van der Waals surface area (Å²) in [5.41, 5.74) is 0.999. The van der Waals surface area contributed by atoms with Crippen LogP contribution in [0.15, 0.2) is 21.9 Å². The molecule has 0 aliphatic carbocycles. The van der Waals surface area contributed by atoms with Gasteiger partial charge in [-0.2, -0.15) is 0 Å². The topological polar surface area (TPSA) is 53.1 Å². The summed E-state index contributed by atoms with van der Waals surface area (Å²) in [5, 5.41) is 9.43. The van der Waals surface area contributed by atoms with Crippen LogP contribution < -0.4 is 0 Å². The van der Waals surface area contributed by atoms with E-state index in [9.17, 15) is 0 Å². The van der Waals surface area contributed by atoms with Crippen LogP contribution in [0.5, 0.6) is 0 Å². The number of hydrogen-bond acceptors (Lipinski definition) is 5. The van der Waals surface area contributed by atoms with E-state index in [0.29, 0.717) is 6.10 Å². The maximum absolute atomic E-state index is 5.62. The maximum Gasteiger partial charge on any atom is 0.191 e. The summed E-state index contributed by atoms with van der Waals surface area (Å²) < 4.78 is 12.9. The Morgan fingerprint density at radius 3 is 3.05 bits per heavy atom. The fourth-order valence-electron chi connectivity index (χ4n) is 2.24. The lowest BCUT2D eigenvalue weighted by Gasteiger charge is -2.08. The molecule has 19 heavy (non-hydrogen) atoms. The van der Waals surface area contributed by atoms with E-state index in [1.807, 2.05) is 24.6 Å². The first kappa shape index (κ1) is 12.7. The Labute approximate surface area is 116 Å². The first-order valence-electron chi connectivity index (χ1n) is 6.44. The molecule has 0 bridgehead atoms. The van der Waals surface area contributed by atoms with E-state index >= 15 is 0 Å². The van der Waals surface area contributed by atoms with Gasteiger partial charge in [0, 0.05) is 19.4 Å². The average molecular weight is 279 g/mol. The lowest BCUT2D eigenvalue weighted by molar-refractivity contribution is 0.129. The van der Waals surface area contributed by atoms with Crippen molar-refractivity contribution in [3.63, 3.8) is 0 Å². The highest BCUT2D eigenvalue weighted by Gasteiger charge is 2.19. The first-order chi connectivity index (χ1) is 9.25. The van der Waals surface area contributed by atoms with E-state index in [1.54, 1.807) is 18.0 Å². The van der Waals surface area contributed by atoms with Crippen molar-refractivity contribution in [1.82, 2.24) is 14.8 Å². The zero-order chi connectivity index (χ0) is 13.2. The Morgan fingerprint density at radius 1 is 1.47 bits per heavy atom. The van der Waals surface area contributed by atoms with Gasteiger partial charge in [0.1, 0.15) is 5.76 Å². The van der Waals surface area contributed by atoms with Gasteiger partial charge in [0.15, 0.2) is 11.0 Å². The van der Waals surface area contributed by atoms with Crippen LogP contribution in [0.4, 0.5) is 0 Å². The van der Waals surface area contributed by atoms with Crippen LogP contribution in [0.1, 0.15) is 18.6 Å². The van der Waals surface area contributed by atoms with Crippen LogP contribution in [-0.2, 0) is 11.8 Å². The first-order valence-corrected chi connectivity index (χ1v) is 7.42. The molecule has 3 heterocycles. The molecule has 0 aromatic carbocycles. The van der Waals surface area contributed by atoms with Gasteiger partial charge in [0.05, 0.1) is 17.9 Å². The van der Waals surface area contributed by atoms with Crippen molar-refractivity contribution in [3.8, 4) is 11.4 Å². The lowest BCUT2D eigenvalue weighted by atomic mass is 10.2. The second-order valence-corrected chi connectivity index (χ2v) is 5.69. The lowest BCUT2D eigenvalue weighted by Crippen LogP contribution is -2.08. The van der Waals surface area contributed by atoms with Crippen LogP contribution in [0, 0.1) is 6.92 Å². The largest absolute Gasteiger partial charge is 0.469 e. The minimum atomic E-state index is 0.362. The Morgan fingerprint density at radius 2 is 2.37 bits per heavy atom. The Balaban J connectivity index is 1.73. The minimum absolute atomic E-state index is 0.362. The number of aromatic nitrogens is 3. The SMILES string of the molecule is Cc1occc1-c1nnc(SCC2CCCO2)n1C. The summed E-state index contributed by atoms with van der Waals surface area (Å²) in [4.78, 5) is 0. The number of furan rings is 1. The smallest absolute Gasteiger partial charge is 0.191 e. The third kappa shape index (κ3) is 2.55. The molecule has 6 heteroatoms. The monoisotopic (exact) mass is 279 g/mol. The quantitative estimate of drug-likeness (QED) is 0.805. The third-order valence-corrected chi connectivity index (χ3v) is 4.51. The summed E-state index contributed by atoms with van der Waals surface area (Å²) >= 11 is 1.70. The molecular weight excluding hydrogens is 262 g/mol. The van der Waals surface area contributed by atoms with E-state index in [4.69, 9.17) is 9.15 Å². The number of thioether (sulfide) groups is 1. The molecule has 1 unspecified atom stereocenters. The Hall–Kier alpha value is -1.27. The predicted molar refractivity (Wildman–Crippen MR) is 73.1 cm³/mol. The van der Waals surface area contributed by atoms with Gasteiger partial charge in [-0.05, 0) is 25.8 Å². The molecule has 1 saturated heterocycles. The van der Waals surface area contributed by atoms with Crippen LogP contribution in [0.2, 0.25) is 0 Å². The molecule has 3 rings (SSSR count). The molecule has 5 nitrogen and oxygen atoms in total. The number of ether oxygens (including phenoxy) is 1. The van der Waals surface area contributed by atoms with E-state index in [0.717, 1.165) is 41.1 Å². The molecular formula is C13H17N3O2S. The molecule has 2 aromatic rings. The van der Waals surface area contributed by atoms with Gasteiger partial charge >= 0.3 is 0 Å². The molecule has 0 saturated carbocycles. The van der Waals surface area contributed by atoms with Gasteiger partial charge in [-0.3, -0.25) is 0 Å². The standard InChI is InChI=1S/C13H17N3O2S/c1-9-11(5-7-17-9)12-14-15-13(16(12)2)19-8-10-4-3-6-18-10/h5,7,10H,3-4,6,8H2,1-2H3. The highest BCUT2D eigenvalue weighted by atomic mass is 32.2. The molecule has 1 atom stereocenters. The second kappa shape index (κ2) is 5.38. The maximum atomic E-state index is 5.62. The number of rotatable bonds is 4. The summed E-state index contributed by atoms with van der Waals surface area (Å²) in [5.74, 6) is 2.66. The number of nitrogens with zero attached hydrogens (tertiary/aromatic N) is 3. The van der Waals surface area contributed by atoms with Crippen LogP contribution in [-0.4, -0.2) is 33.2 Å². The second-order valence-electron chi connectivity index (χ2n) is 4.70. The van der Waals surface area contributed by atoms with Gasteiger partial charge in [-0.1, -0.05) is 11.8 Å². The molecule has 0 spiro atoms. The fourth-order valence-corrected chi connectivity index (χ4v) is 3.21. The van der Waals surface area contributed by atoms with E-state index < -0.39 is 0 Å². The highest BCUT2D eigenvalue weighted by molar-refractivity contribution is 7.99. The van der Waals surface area contributed by atoms with Gasteiger partial charge in [0.25, 0.3) is 0 Å². The molecule has 0 amide bonds. The normalized spacial score (nSPS) is 19.2. The van der Waals surface area contributed by atoms with E-state index in [-0.39, 0.29) is 0 Å². The van der Waals surface area contributed by atoms with Crippen molar-refractivity contribution < 1.29 is 9.15 Å². The van der Waals surface area contributed by atoms with Crippen molar-refractivity contribution in [2.24, 2.45) is 7.05 Å². The predicted octanol–water partition coefficient (Wildman–Crippen LogP) is 2.65. The van der Waals surface area contributed by atoms with Gasteiger partial charge in [0.2, 0.25) is 0 Å². The van der Waals surface area contributed by atoms with E-state index in [2.05, 4.69) is 10.2 Å². The van der Waals surface area contributed by atoms with Crippen molar-refractivity contribution in [3.05, 3.63) is 18.1 Å². The van der Waals surface area contributed by atoms with Crippen LogP contribution >= 0.6 is 11.8 Å². The summed E-state index contributed by atoms with van der Waals surface area (Å²) in [6.07, 6.45) is 4.36. The van der Waals surface area contributed by atoms with Crippen LogP contribution in [0.25, 0.3) is 11.4 Å². The van der Waals surface area contributed by atoms with Gasteiger partial charge < -0.3 is 13.7 Å². The zero-order valence-corrected chi connectivity index (χ0v) is 11.9. The molecule has 2 aromatic heterocycles. The van der Waals surface area contributed by atoms with Gasteiger partial charge in [-0.15, -0.1) is 10.2 Å². The van der Waals surface area contributed by atoms with Crippen molar-refractivity contribution in [2.45, 2.75) is 31.0 Å². The number of hydrogen-bond donors (Lipinski definition) is 0. The zero-order valence-electron chi connectivity index (χ0n) is 11.1. The van der Waals surface area contributed by atoms with Gasteiger partial charge in [-0.25, -0.2) is 0 Å². The minimum Gasteiger partial charge on any atom is -0.469 e. The molecule has 0 radical (unpaired) electrons. The molecule has 1 aliphatic rings. The molecule has 1 fully saturated rings. The van der Waals surface area contributed by atoms with Crippen molar-refractivity contribution >= 4 is 11.8 Å². The summed E-state index contributed by atoms with van der Waals surface area (Å²) in [6.45, 7) is 2.83. The van der Waals surface area contributed by atoms with Crippen molar-refractivity contribution in [1.29, 1.82) is 0 Å². The molecule has 102 valence electrons. The summed E-state index contributed by atoms with van der Waals surface area (Å²) in [6, 6.07) is 1.92.